The molecule has 2 aliphatic rings. The highest BCUT2D eigenvalue weighted by Gasteiger charge is 2.35. The third kappa shape index (κ3) is 5.31. The molecule has 9 heteroatoms. The Bertz CT molecular complexity index is 850. The summed E-state index contributed by atoms with van der Waals surface area (Å²) in [7, 11) is -3.52. The van der Waals surface area contributed by atoms with E-state index >= 15 is 0 Å². The molecule has 1 aromatic carbocycles. The minimum atomic E-state index is -3.52. The van der Waals surface area contributed by atoms with Crippen LogP contribution in [0.15, 0.2) is 35.2 Å². The van der Waals surface area contributed by atoms with Crippen LogP contribution in [0, 0.1) is 5.92 Å². The van der Waals surface area contributed by atoms with Gasteiger partial charge in [-0.15, -0.1) is 0 Å². The zero-order valence-corrected chi connectivity index (χ0v) is 18.7. The Kier molecular flexibility index (Phi) is 6.71. The van der Waals surface area contributed by atoms with Crippen molar-refractivity contribution in [3.63, 3.8) is 0 Å². The van der Waals surface area contributed by atoms with Gasteiger partial charge in [0, 0.05) is 45.2 Å². The van der Waals surface area contributed by atoms with Gasteiger partial charge in [0.1, 0.15) is 5.60 Å². The van der Waals surface area contributed by atoms with Crippen LogP contribution < -0.4 is 0 Å². The number of rotatable bonds is 3. The van der Waals surface area contributed by atoms with Crippen LogP contribution in [0.25, 0.3) is 0 Å². The lowest BCUT2D eigenvalue weighted by molar-refractivity contribution is -0.138. The second-order valence-corrected chi connectivity index (χ2v) is 10.7. The molecule has 1 aromatic rings. The van der Waals surface area contributed by atoms with E-state index in [-0.39, 0.29) is 22.8 Å². The standard InChI is InChI=1S/C21H31N3O5S/c1-21(2,3)29-20(26)23-15-13-22(14-16-23)19(25)17-9-11-24(12-10-17)30(27,28)18-7-5-4-6-8-18/h4-8,17H,9-16H2,1-3H3. The number of carbonyl (C=O) groups is 2. The first-order chi connectivity index (χ1) is 14.1. The fourth-order valence-electron chi connectivity index (χ4n) is 3.78. The van der Waals surface area contributed by atoms with Gasteiger partial charge in [0.2, 0.25) is 15.9 Å². The number of ether oxygens (including phenoxy) is 1. The van der Waals surface area contributed by atoms with E-state index in [1.54, 1.807) is 40.1 Å². The van der Waals surface area contributed by atoms with Crippen molar-refractivity contribution in [2.24, 2.45) is 5.92 Å². The Labute approximate surface area is 178 Å². The largest absolute Gasteiger partial charge is 0.444 e. The lowest BCUT2D eigenvalue weighted by Crippen LogP contribution is -2.53. The van der Waals surface area contributed by atoms with Crippen LogP contribution in [0.5, 0.6) is 0 Å². The van der Waals surface area contributed by atoms with Crippen molar-refractivity contribution in [3.05, 3.63) is 30.3 Å². The highest BCUT2D eigenvalue weighted by Crippen LogP contribution is 2.25. The molecule has 3 rings (SSSR count). The van der Waals surface area contributed by atoms with Crippen LogP contribution in [-0.4, -0.2) is 79.4 Å². The maximum absolute atomic E-state index is 12.9. The summed E-state index contributed by atoms with van der Waals surface area (Å²) in [6.45, 7) is 8.00. The van der Waals surface area contributed by atoms with Gasteiger partial charge in [0.05, 0.1) is 4.90 Å². The van der Waals surface area contributed by atoms with E-state index < -0.39 is 15.6 Å². The molecule has 166 valence electrons. The first-order valence-electron chi connectivity index (χ1n) is 10.4. The van der Waals surface area contributed by atoms with E-state index in [9.17, 15) is 18.0 Å². The number of benzene rings is 1. The summed E-state index contributed by atoms with van der Waals surface area (Å²) in [5.74, 6) is -0.129. The lowest BCUT2D eigenvalue weighted by Gasteiger charge is -2.38. The highest BCUT2D eigenvalue weighted by atomic mass is 32.2. The van der Waals surface area contributed by atoms with Gasteiger partial charge in [-0.3, -0.25) is 4.79 Å². The maximum Gasteiger partial charge on any atom is 0.410 e. The fourth-order valence-corrected chi connectivity index (χ4v) is 5.27. The summed E-state index contributed by atoms with van der Waals surface area (Å²) < 4.78 is 32.3. The van der Waals surface area contributed by atoms with E-state index in [4.69, 9.17) is 4.74 Å². The summed E-state index contributed by atoms with van der Waals surface area (Å²) in [5.41, 5.74) is -0.544. The zero-order chi connectivity index (χ0) is 21.9. The normalized spacial score (nSPS) is 19.6. The Morgan fingerprint density at radius 2 is 1.43 bits per heavy atom. The van der Waals surface area contributed by atoms with Crippen LogP contribution in [0.1, 0.15) is 33.6 Å². The molecule has 2 aliphatic heterocycles. The number of hydrogen-bond acceptors (Lipinski definition) is 5. The molecule has 0 N–H and O–H groups in total. The van der Waals surface area contributed by atoms with Crippen molar-refractivity contribution in [2.45, 2.75) is 44.1 Å². The third-order valence-electron chi connectivity index (χ3n) is 5.43. The minimum Gasteiger partial charge on any atom is -0.444 e. The van der Waals surface area contributed by atoms with E-state index in [2.05, 4.69) is 0 Å². The second kappa shape index (κ2) is 8.93. The molecular formula is C21H31N3O5S. The molecule has 0 spiro atoms. The molecule has 2 amide bonds. The maximum atomic E-state index is 12.9. The first-order valence-corrected chi connectivity index (χ1v) is 11.8. The Balaban J connectivity index is 1.50. The summed E-state index contributed by atoms with van der Waals surface area (Å²) in [5, 5.41) is 0. The Hall–Kier alpha value is -2.13. The summed E-state index contributed by atoms with van der Waals surface area (Å²) in [4.78, 5) is 28.8. The molecule has 0 unspecified atom stereocenters. The van der Waals surface area contributed by atoms with Crippen LogP contribution in [-0.2, 0) is 19.6 Å². The first kappa shape index (κ1) is 22.6. The van der Waals surface area contributed by atoms with Gasteiger partial charge in [0.25, 0.3) is 0 Å². The smallest absolute Gasteiger partial charge is 0.410 e. The molecule has 8 nitrogen and oxygen atoms in total. The van der Waals surface area contributed by atoms with Crippen LogP contribution in [0.2, 0.25) is 0 Å². The average molecular weight is 438 g/mol. The van der Waals surface area contributed by atoms with Gasteiger partial charge in [0.15, 0.2) is 0 Å². The van der Waals surface area contributed by atoms with Crippen molar-refractivity contribution in [1.29, 1.82) is 0 Å². The summed E-state index contributed by atoms with van der Waals surface area (Å²) in [6, 6.07) is 8.39. The van der Waals surface area contributed by atoms with Gasteiger partial charge in [-0.1, -0.05) is 18.2 Å². The molecule has 30 heavy (non-hydrogen) atoms. The van der Waals surface area contributed by atoms with E-state index in [0.29, 0.717) is 52.1 Å². The quantitative estimate of drug-likeness (QED) is 0.723. The molecule has 0 aliphatic carbocycles. The number of piperidine rings is 1. The second-order valence-electron chi connectivity index (χ2n) is 8.78. The van der Waals surface area contributed by atoms with Crippen molar-refractivity contribution in [2.75, 3.05) is 39.3 Å². The fraction of sp³-hybridized carbons (Fsp3) is 0.619. The van der Waals surface area contributed by atoms with Crippen LogP contribution in [0.3, 0.4) is 0 Å². The van der Waals surface area contributed by atoms with Crippen molar-refractivity contribution < 1.29 is 22.7 Å². The van der Waals surface area contributed by atoms with E-state index in [1.807, 2.05) is 20.8 Å². The molecule has 2 fully saturated rings. The molecule has 0 aromatic heterocycles. The van der Waals surface area contributed by atoms with E-state index in [1.165, 1.54) is 4.31 Å². The number of nitrogens with zero attached hydrogens (tertiary/aromatic N) is 3. The third-order valence-corrected chi connectivity index (χ3v) is 7.34. The Morgan fingerprint density at radius 1 is 0.900 bits per heavy atom. The van der Waals surface area contributed by atoms with Crippen LogP contribution >= 0.6 is 0 Å². The number of piperazine rings is 1. The van der Waals surface area contributed by atoms with Crippen molar-refractivity contribution >= 4 is 22.0 Å². The predicted octanol–water partition coefficient (Wildman–Crippen LogP) is 2.17. The van der Waals surface area contributed by atoms with Gasteiger partial charge in [-0.25, -0.2) is 13.2 Å². The Morgan fingerprint density at radius 3 is 1.97 bits per heavy atom. The van der Waals surface area contributed by atoms with E-state index in [0.717, 1.165) is 0 Å². The number of carbonyl (C=O) groups excluding carboxylic acids is 2. The summed E-state index contributed by atoms with van der Waals surface area (Å²) in [6.07, 6.45) is 0.669. The predicted molar refractivity (Wildman–Crippen MR) is 112 cm³/mol. The number of sulfonamides is 1. The monoisotopic (exact) mass is 437 g/mol. The molecule has 0 radical (unpaired) electrons. The van der Waals surface area contributed by atoms with Gasteiger partial charge in [-0.05, 0) is 45.7 Å². The molecule has 0 bridgehead atoms. The molecule has 0 saturated carbocycles. The SMILES string of the molecule is CC(C)(C)OC(=O)N1CCN(C(=O)C2CCN(S(=O)(=O)c3ccccc3)CC2)CC1. The highest BCUT2D eigenvalue weighted by molar-refractivity contribution is 7.89. The molecular weight excluding hydrogens is 406 g/mol. The van der Waals surface area contributed by atoms with Gasteiger partial charge < -0.3 is 14.5 Å². The van der Waals surface area contributed by atoms with Crippen molar-refractivity contribution in [3.8, 4) is 0 Å². The number of amides is 2. The lowest BCUT2D eigenvalue weighted by atomic mass is 9.96. The zero-order valence-electron chi connectivity index (χ0n) is 17.9. The van der Waals surface area contributed by atoms with Gasteiger partial charge in [-0.2, -0.15) is 4.31 Å². The van der Waals surface area contributed by atoms with Crippen molar-refractivity contribution in [1.82, 2.24) is 14.1 Å². The molecule has 2 saturated heterocycles. The molecule has 2 heterocycles. The minimum absolute atomic E-state index is 0.0515. The molecule has 0 atom stereocenters. The summed E-state index contributed by atoms with van der Waals surface area (Å²) >= 11 is 0. The topological polar surface area (TPSA) is 87.2 Å². The average Bonchev–Trinajstić information content (AvgIpc) is 2.73. The number of hydrogen-bond donors (Lipinski definition) is 0. The van der Waals surface area contributed by atoms with Gasteiger partial charge >= 0.3 is 6.09 Å². The van der Waals surface area contributed by atoms with Crippen LogP contribution in [0.4, 0.5) is 4.79 Å².